The Morgan fingerprint density at radius 2 is 1.73 bits per heavy atom. The molecule has 0 bridgehead atoms. The molecule has 2 aromatic rings. The first-order chi connectivity index (χ1) is 14.1. The third kappa shape index (κ3) is 4.51. The van der Waals surface area contributed by atoms with Gasteiger partial charge in [0.1, 0.15) is 17.4 Å². The van der Waals surface area contributed by atoms with E-state index in [-0.39, 0.29) is 28.4 Å². The van der Waals surface area contributed by atoms with Crippen LogP contribution in [0.1, 0.15) is 25.0 Å². The molecule has 2 rings (SSSR count). The lowest BCUT2D eigenvalue weighted by Crippen LogP contribution is -2.24. The van der Waals surface area contributed by atoms with Crippen molar-refractivity contribution in [1.29, 1.82) is 0 Å². The van der Waals surface area contributed by atoms with Crippen LogP contribution in [-0.2, 0) is 0 Å². The van der Waals surface area contributed by atoms with Crippen LogP contribution < -0.4 is 10.5 Å². The van der Waals surface area contributed by atoms with E-state index in [0.29, 0.717) is 17.2 Å². The Morgan fingerprint density at radius 1 is 1.07 bits per heavy atom. The second-order valence-electron chi connectivity index (χ2n) is 6.45. The molecule has 30 heavy (non-hydrogen) atoms. The Labute approximate surface area is 171 Å². The summed E-state index contributed by atoms with van der Waals surface area (Å²) >= 11 is 0. The van der Waals surface area contributed by atoms with Gasteiger partial charge < -0.3 is 10.5 Å². The summed E-state index contributed by atoms with van der Waals surface area (Å²) in [4.78, 5) is 7.79. The number of amidine groups is 1. The van der Waals surface area contributed by atoms with Crippen molar-refractivity contribution in [2.75, 3.05) is 7.05 Å². The molecule has 0 atom stereocenters. The van der Waals surface area contributed by atoms with Gasteiger partial charge in [0.05, 0.1) is 5.71 Å². The lowest BCUT2D eigenvalue weighted by atomic mass is 9.97. The molecule has 2 N–H and O–H groups in total. The monoisotopic (exact) mass is 417 g/mol. The number of nitrogens with two attached hydrogens (primary N) is 1. The summed E-state index contributed by atoms with van der Waals surface area (Å²) in [5.41, 5.74) is 6.98. The average Bonchev–Trinajstić information content (AvgIpc) is 2.68. The molecule has 2 aromatic carbocycles. The number of allylic oxidation sites excluding steroid dienone is 1. The van der Waals surface area contributed by atoms with Gasteiger partial charge in [-0.25, -0.2) is 13.2 Å². The molecule has 0 fully saturated rings. The quantitative estimate of drug-likeness (QED) is 0.243. The number of aliphatic imine (C=N–C) groups is 2. The van der Waals surface area contributed by atoms with Gasteiger partial charge in [-0.3, -0.25) is 4.99 Å². The topological polar surface area (TPSA) is 60.0 Å². The molecule has 0 saturated carbocycles. The first-order valence-electron chi connectivity index (χ1n) is 8.67. The molecule has 0 aromatic heterocycles. The third-order valence-electron chi connectivity index (χ3n) is 4.11. The maximum Gasteiger partial charge on any atom is 0.204 e. The standard InChI is InChI=1S/C22H19F4N3O/c1-6-29-22(27)17(11(2)3)20(28-5)14-8-7-13(10-15(14)23)30-21-18(25)12(4)9-16(24)19(21)26/h1,7-10H,2-5H3,(H2,27,29). The summed E-state index contributed by atoms with van der Waals surface area (Å²) in [5, 5.41) is 0. The van der Waals surface area contributed by atoms with Gasteiger partial charge in [-0.2, -0.15) is 9.38 Å². The first kappa shape index (κ1) is 22.7. The Kier molecular flexibility index (Phi) is 7.01. The van der Waals surface area contributed by atoms with Crippen molar-refractivity contribution in [3.63, 3.8) is 0 Å². The first-order valence-corrected chi connectivity index (χ1v) is 8.67. The van der Waals surface area contributed by atoms with Crippen LogP contribution in [0.3, 0.4) is 0 Å². The molecule has 0 saturated heterocycles. The van der Waals surface area contributed by atoms with E-state index in [2.05, 4.69) is 16.0 Å². The van der Waals surface area contributed by atoms with Crippen LogP contribution in [0.15, 0.2) is 45.4 Å². The predicted molar refractivity (Wildman–Crippen MR) is 109 cm³/mol. The van der Waals surface area contributed by atoms with E-state index >= 15 is 0 Å². The smallest absolute Gasteiger partial charge is 0.204 e. The van der Waals surface area contributed by atoms with Crippen LogP contribution in [-0.4, -0.2) is 18.6 Å². The van der Waals surface area contributed by atoms with Crippen molar-refractivity contribution in [3.8, 4) is 24.0 Å². The van der Waals surface area contributed by atoms with E-state index in [1.54, 1.807) is 13.8 Å². The Balaban J connectivity index is 2.51. The zero-order valence-corrected chi connectivity index (χ0v) is 16.8. The number of aryl methyl sites for hydroxylation is 1. The second-order valence-corrected chi connectivity index (χ2v) is 6.45. The maximum atomic E-state index is 14.9. The molecule has 0 amide bonds. The molecular formula is C22H19F4N3O. The summed E-state index contributed by atoms with van der Waals surface area (Å²) in [7, 11) is 1.44. The van der Waals surface area contributed by atoms with Gasteiger partial charge in [0.15, 0.2) is 11.6 Å². The fourth-order valence-electron chi connectivity index (χ4n) is 2.77. The zero-order valence-electron chi connectivity index (χ0n) is 16.8. The van der Waals surface area contributed by atoms with E-state index in [9.17, 15) is 17.6 Å². The second kappa shape index (κ2) is 9.27. The molecule has 0 heterocycles. The minimum atomic E-state index is -1.51. The summed E-state index contributed by atoms with van der Waals surface area (Å²) in [6.07, 6.45) is 5.16. The number of rotatable bonds is 5. The minimum absolute atomic E-state index is 0.0165. The van der Waals surface area contributed by atoms with E-state index in [0.717, 1.165) is 6.07 Å². The maximum absolute atomic E-state index is 14.9. The Hall–Kier alpha value is -3.60. The highest BCUT2D eigenvalue weighted by atomic mass is 19.2. The zero-order chi connectivity index (χ0) is 22.6. The van der Waals surface area contributed by atoms with Crippen molar-refractivity contribution >= 4 is 11.5 Å². The largest absolute Gasteiger partial charge is 0.451 e. The molecule has 4 nitrogen and oxygen atoms in total. The number of halogens is 4. The molecule has 0 aliphatic carbocycles. The van der Waals surface area contributed by atoms with Crippen LogP contribution in [0.4, 0.5) is 17.6 Å². The normalized spacial score (nSPS) is 11.8. The van der Waals surface area contributed by atoms with Crippen LogP contribution >= 0.6 is 0 Å². The van der Waals surface area contributed by atoms with Crippen molar-refractivity contribution < 1.29 is 22.3 Å². The lowest BCUT2D eigenvalue weighted by Gasteiger charge is -2.15. The number of hydrogen-bond donors (Lipinski definition) is 1. The number of ether oxygens (including phenoxy) is 1. The molecule has 156 valence electrons. The molecule has 0 aliphatic rings. The number of benzene rings is 2. The van der Waals surface area contributed by atoms with Gasteiger partial charge in [-0.15, -0.1) is 0 Å². The minimum Gasteiger partial charge on any atom is -0.451 e. The van der Waals surface area contributed by atoms with Gasteiger partial charge in [0.2, 0.25) is 11.6 Å². The number of nitrogens with zero attached hydrogens (tertiary/aromatic N) is 2. The van der Waals surface area contributed by atoms with Crippen molar-refractivity contribution in [2.24, 2.45) is 15.7 Å². The molecule has 8 heteroatoms. The Morgan fingerprint density at radius 3 is 2.27 bits per heavy atom. The highest BCUT2D eigenvalue weighted by Gasteiger charge is 2.22. The summed E-state index contributed by atoms with van der Waals surface area (Å²) in [5.74, 6) is -5.90. The highest BCUT2D eigenvalue weighted by molar-refractivity contribution is 6.29. The van der Waals surface area contributed by atoms with E-state index < -0.39 is 29.0 Å². The highest BCUT2D eigenvalue weighted by Crippen LogP contribution is 2.32. The van der Waals surface area contributed by atoms with Crippen molar-refractivity contribution in [1.82, 2.24) is 0 Å². The van der Waals surface area contributed by atoms with Crippen molar-refractivity contribution in [2.45, 2.75) is 20.8 Å². The molecule has 0 unspecified atom stereocenters. The molecule has 0 spiro atoms. The van der Waals surface area contributed by atoms with Crippen LogP contribution in [0, 0.1) is 42.7 Å². The molecular weight excluding hydrogens is 398 g/mol. The fraction of sp³-hybridized carbons (Fsp3) is 0.182. The van der Waals surface area contributed by atoms with Crippen LogP contribution in [0.25, 0.3) is 0 Å². The average molecular weight is 417 g/mol. The van der Waals surface area contributed by atoms with Crippen LogP contribution in [0.2, 0.25) is 0 Å². The van der Waals surface area contributed by atoms with Crippen LogP contribution in [0.5, 0.6) is 11.5 Å². The SMILES string of the molecule is C#CN=C(N)C(C(=NC)c1ccc(Oc2c(F)c(C)cc(F)c2F)cc1F)=C(C)C. The summed E-state index contributed by atoms with van der Waals surface area (Å²) < 4.78 is 61.6. The van der Waals surface area contributed by atoms with Gasteiger partial charge in [0.25, 0.3) is 0 Å². The van der Waals surface area contributed by atoms with E-state index in [4.69, 9.17) is 16.9 Å². The molecule has 0 radical (unpaired) electrons. The van der Waals surface area contributed by atoms with E-state index in [1.165, 1.54) is 26.1 Å². The lowest BCUT2D eigenvalue weighted by molar-refractivity contribution is 0.383. The van der Waals surface area contributed by atoms with Gasteiger partial charge >= 0.3 is 0 Å². The number of hydrogen-bond acceptors (Lipinski definition) is 3. The van der Waals surface area contributed by atoms with Gasteiger partial charge in [-0.1, -0.05) is 12.0 Å². The van der Waals surface area contributed by atoms with Crippen molar-refractivity contribution in [3.05, 3.63) is 69.8 Å². The Bertz CT molecular complexity index is 1100. The number of terminal acetylenes is 1. The third-order valence-corrected chi connectivity index (χ3v) is 4.11. The predicted octanol–water partition coefficient (Wildman–Crippen LogP) is 5.05. The summed E-state index contributed by atoms with van der Waals surface area (Å²) in [6, 6.07) is 6.22. The van der Waals surface area contributed by atoms with Gasteiger partial charge in [0, 0.05) is 30.3 Å². The molecule has 0 aliphatic heterocycles. The summed E-state index contributed by atoms with van der Waals surface area (Å²) in [6.45, 7) is 4.71. The van der Waals surface area contributed by atoms with Gasteiger partial charge in [-0.05, 0) is 44.5 Å². The van der Waals surface area contributed by atoms with E-state index in [1.807, 2.05) is 0 Å². The fourth-order valence-corrected chi connectivity index (χ4v) is 2.77.